The first-order valence-electron chi connectivity index (χ1n) is 8.88. The summed E-state index contributed by atoms with van der Waals surface area (Å²) in [6.45, 7) is 0. The summed E-state index contributed by atoms with van der Waals surface area (Å²) in [7, 11) is -3.73. The number of hydrogen-bond donors (Lipinski definition) is 2. The summed E-state index contributed by atoms with van der Waals surface area (Å²) in [6, 6.07) is 19.4. The van der Waals surface area contributed by atoms with Gasteiger partial charge < -0.3 is 9.84 Å². The Morgan fingerprint density at radius 3 is 2.37 bits per heavy atom. The highest BCUT2D eigenvalue weighted by Crippen LogP contribution is 2.22. The number of carbonyl (C=O) groups excluding carboxylic acids is 1. The van der Waals surface area contributed by atoms with E-state index in [9.17, 15) is 13.2 Å². The molecule has 0 fully saturated rings. The first kappa shape index (κ1) is 19.3. The Morgan fingerprint density at radius 2 is 1.60 bits per heavy atom. The van der Waals surface area contributed by atoms with Gasteiger partial charge in [-0.3, -0.25) is 14.5 Å². The summed E-state index contributed by atoms with van der Waals surface area (Å²) in [6.07, 6.45) is 3.22. The quantitative estimate of drug-likeness (QED) is 0.490. The van der Waals surface area contributed by atoms with Crippen molar-refractivity contribution in [1.82, 2.24) is 10.1 Å². The average Bonchev–Trinajstić information content (AvgIpc) is 3.26. The fourth-order valence-electron chi connectivity index (χ4n) is 2.70. The molecular weight excluding hydrogens is 404 g/mol. The number of benzene rings is 2. The molecule has 0 saturated heterocycles. The summed E-state index contributed by atoms with van der Waals surface area (Å²) < 4.78 is 32.6. The molecule has 8 nitrogen and oxygen atoms in total. The maximum absolute atomic E-state index is 12.5. The van der Waals surface area contributed by atoms with Gasteiger partial charge in [-0.2, -0.15) is 0 Å². The van der Waals surface area contributed by atoms with Gasteiger partial charge in [0, 0.05) is 29.7 Å². The van der Waals surface area contributed by atoms with Gasteiger partial charge in [0.2, 0.25) is 0 Å². The SMILES string of the molecule is O=C(Nc1cccc(NS(=O)(=O)c2ccccc2)c1)c1cc(-c2ccncc2)on1. The molecule has 0 saturated carbocycles. The number of pyridine rings is 1. The van der Waals surface area contributed by atoms with Gasteiger partial charge >= 0.3 is 0 Å². The summed E-state index contributed by atoms with van der Waals surface area (Å²) >= 11 is 0. The van der Waals surface area contributed by atoms with Gasteiger partial charge in [-0.1, -0.05) is 29.4 Å². The van der Waals surface area contributed by atoms with Crippen molar-refractivity contribution < 1.29 is 17.7 Å². The molecule has 0 unspecified atom stereocenters. The topological polar surface area (TPSA) is 114 Å². The fraction of sp³-hybridized carbons (Fsp3) is 0. The molecule has 2 N–H and O–H groups in total. The molecule has 0 atom stereocenters. The molecule has 30 heavy (non-hydrogen) atoms. The molecule has 1 amide bonds. The number of carbonyl (C=O) groups is 1. The molecule has 4 aromatic rings. The Kier molecular flexibility index (Phi) is 5.27. The average molecular weight is 420 g/mol. The molecule has 2 aromatic carbocycles. The van der Waals surface area contributed by atoms with Crippen LogP contribution in [0.25, 0.3) is 11.3 Å². The Morgan fingerprint density at radius 1 is 0.867 bits per heavy atom. The molecule has 9 heteroatoms. The third-order valence-corrected chi connectivity index (χ3v) is 5.53. The predicted molar refractivity (Wildman–Crippen MR) is 111 cm³/mol. The van der Waals surface area contributed by atoms with Crippen molar-refractivity contribution in [2.45, 2.75) is 4.90 Å². The highest BCUT2D eigenvalue weighted by atomic mass is 32.2. The fourth-order valence-corrected chi connectivity index (χ4v) is 3.77. The second-order valence-electron chi connectivity index (χ2n) is 6.27. The Hall–Kier alpha value is -3.98. The van der Waals surface area contributed by atoms with Crippen molar-refractivity contribution >= 4 is 27.3 Å². The Balaban J connectivity index is 1.48. The highest BCUT2D eigenvalue weighted by molar-refractivity contribution is 7.92. The van der Waals surface area contributed by atoms with Crippen LogP contribution < -0.4 is 10.0 Å². The smallest absolute Gasteiger partial charge is 0.277 e. The minimum absolute atomic E-state index is 0.0945. The standard InChI is InChI=1S/C21H16N4O4S/c26-21(19-14-20(29-24-19)15-9-11-22-12-10-15)23-16-5-4-6-17(13-16)25-30(27,28)18-7-2-1-3-8-18/h1-14,25H,(H,23,26). The van der Waals surface area contributed by atoms with Crippen LogP contribution in [0, 0.1) is 0 Å². The summed E-state index contributed by atoms with van der Waals surface area (Å²) in [5, 5.41) is 6.47. The van der Waals surface area contributed by atoms with Gasteiger partial charge in [0.05, 0.1) is 10.6 Å². The Bertz CT molecular complexity index is 1270. The molecule has 4 rings (SSSR count). The van der Waals surface area contributed by atoms with E-state index in [0.717, 1.165) is 5.56 Å². The zero-order valence-electron chi connectivity index (χ0n) is 15.5. The molecule has 0 aliphatic carbocycles. The van der Waals surface area contributed by atoms with E-state index in [2.05, 4.69) is 20.2 Å². The van der Waals surface area contributed by atoms with Crippen LogP contribution in [0.4, 0.5) is 11.4 Å². The van der Waals surface area contributed by atoms with Crippen molar-refractivity contribution in [2.24, 2.45) is 0 Å². The van der Waals surface area contributed by atoms with Crippen LogP contribution in [0.15, 0.2) is 94.6 Å². The van der Waals surface area contributed by atoms with Gasteiger partial charge in [0.25, 0.3) is 15.9 Å². The normalized spacial score (nSPS) is 11.1. The number of hydrogen-bond acceptors (Lipinski definition) is 6. The third-order valence-electron chi connectivity index (χ3n) is 4.13. The van der Waals surface area contributed by atoms with Crippen LogP contribution in [0.2, 0.25) is 0 Å². The van der Waals surface area contributed by atoms with Crippen molar-refractivity contribution in [3.63, 3.8) is 0 Å². The maximum Gasteiger partial charge on any atom is 0.277 e. The van der Waals surface area contributed by atoms with Crippen molar-refractivity contribution in [3.05, 3.63) is 90.9 Å². The number of nitrogens with one attached hydrogen (secondary N) is 2. The molecule has 0 aliphatic heterocycles. The lowest BCUT2D eigenvalue weighted by atomic mass is 10.2. The summed E-state index contributed by atoms with van der Waals surface area (Å²) in [5.74, 6) is -0.0472. The van der Waals surface area contributed by atoms with Gasteiger partial charge in [-0.25, -0.2) is 8.42 Å². The monoisotopic (exact) mass is 420 g/mol. The van der Waals surface area contributed by atoms with Crippen molar-refractivity contribution in [1.29, 1.82) is 0 Å². The number of anilines is 2. The van der Waals surface area contributed by atoms with E-state index in [-0.39, 0.29) is 10.6 Å². The zero-order chi connectivity index (χ0) is 21.0. The second-order valence-corrected chi connectivity index (χ2v) is 7.95. The highest BCUT2D eigenvalue weighted by Gasteiger charge is 2.16. The minimum Gasteiger partial charge on any atom is -0.355 e. The lowest BCUT2D eigenvalue weighted by molar-refractivity contribution is 0.101. The van der Waals surface area contributed by atoms with Crippen LogP contribution in [0.3, 0.4) is 0 Å². The van der Waals surface area contributed by atoms with E-state index >= 15 is 0 Å². The first-order chi connectivity index (χ1) is 14.5. The lowest BCUT2D eigenvalue weighted by Crippen LogP contribution is -2.14. The number of rotatable bonds is 6. The van der Waals surface area contributed by atoms with Crippen LogP contribution in [-0.4, -0.2) is 24.5 Å². The van der Waals surface area contributed by atoms with Gasteiger partial charge in [0.15, 0.2) is 11.5 Å². The first-order valence-corrected chi connectivity index (χ1v) is 10.4. The number of amides is 1. The van der Waals surface area contributed by atoms with E-state index in [0.29, 0.717) is 17.1 Å². The molecule has 0 spiro atoms. The second kappa shape index (κ2) is 8.18. The Labute approximate surface area is 172 Å². The summed E-state index contributed by atoms with van der Waals surface area (Å²) in [4.78, 5) is 16.6. The molecule has 2 heterocycles. The van der Waals surface area contributed by atoms with Crippen LogP contribution >= 0.6 is 0 Å². The van der Waals surface area contributed by atoms with Crippen LogP contribution in [0.5, 0.6) is 0 Å². The van der Waals surface area contributed by atoms with E-state index in [1.807, 2.05) is 0 Å². The van der Waals surface area contributed by atoms with Gasteiger partial charge in [-0.05, 0) is 42.5 Å². The van der Waals surface area contributed by atoms with Gasteiger partial charge in [-0.15, -0.1) is 0 Å². The van der Waals surface area contributed by atoms with Crippen molar-refractivity contribution in [2.75, 3.05) is 10.0 Å². The number of nitrogens with zero attached hydrogens (tertiary/aromatic N) is 2. The molecule has 0 aliphatic rings. The van der Waals surface area contributed by atoms with Gasteiger partial charge in [0.1, 0.15) is 0 Å². The zero-order valence-corrected chi connectivity index (χ0v) is 16.3. The molecular formula is C21H16N4O4S. The van der Waals surface area contributed by atoms with E-state index in [4.69, 9.17) is 4.52 Å². The molecule has 0 bridgehead atoms. The molecule has 0 radical (unpaired) electrons. The predicted octanol–water partition coefficient (Wildman–Crippen LogP) is 3.79. The largest absolute Gasteiger partial charge is 0.355 e. The van der Waals surface area contributed by atoms with Crippen molar-refractivity contribution in [3.8, 4) is 11.3 Å². The maximum atomic E-state index is 12.5. The minimum atomic E-state index is -3.73. The van der Waals surface area contributed by atoms with E-state index < -0.39 is 15.9 Å². The summed E-state index contributed by atoms with van der Waals surface area (Å²) in [5.41, 5.74) is 1.56. The third kappa shape index (κ3) is 4.36. The number of aromatic nitrogens is 2. The van der Waals surface area contributed by atoms with E-state index in [1.54, 1.807) is 60.9 Å². The molecule has 2 aromatic heterocycles. The lowest BCUT2D eigenvalue weighted by Gasteiger charge is -2.10. The number of sulfonamides is 1. The van der Waals surface area contributed by atoms with Crippen LogP contribution in [0.1, 0.15) is 10.5 Å². The molecule has 150 valence electrons. The van der Waals surface area contributed by atoms with E-state index in [1.165, 1.54) is 24.3 Å². The van der Waals surface area contributed by atoms with Crippen LogP contribution in [-0.2, 0) is 10.0 Å².